The van der Waals surface area contributed by atoms with E-state index < -0.39 is 0 Å². The molecule has 0 spiro atoms. The maximum atomic E-state index is 12.8. The Morgan fingerprint density at radius 3 is 2.92 bits per heavy atom. The summed E-state index contributed by atoms with van der Waals surface area (Å²) >= 11 is 0. The quantitative estimate of drug-likeness (QED) is 0.796. The Labute approximate surface area is 141 Å². The Morgan fingerprint density at radius 1 is 1.21 bits per heavy atom. The lowest BCUT2D eigenvalue weighted by atomic mass is 9.90. The second-order valence-electron chi connectivity index (χ2n) is 6.84. The highest BCUT2D eigenvalue weighted by molar-refractivity contribution is 5.79. The zero-order chi connectivity index (χ0) is 16.5. The van der Waals surface area contributed by atoms with Crippen molar-refractivity contribution in [3.63, 3.8) is 0 Å². The van der Waals surface area contributed by atoms with Crippen LogP contribution in [0.1, 0.15) is 43.7 Å². The summed E-state index contributed by atoms with van der Waals surface area (Å²) in [5.41, 5.74) is 2.68. The van der Waals surface area contributed by atoms with E-state index in [1.54, 1.807) is 17.1 Å². The molecule has 2 aromatic rings. The predicted octanol–water partition coefficient (Wildman–Crippen LogP) is 2.43. The van der Waals surface area contributed by atoms with Gasteiger partial charge in [-0.2, -0.15) is 5.10 Å². The van der Waals surface area contributed by atoms with Gasteiger partial charge in [-0.15, -0.1) is 0 Å². The third kappa shape index (κ3) is 2.70. The van der Waals surface area contributed by atoms with Crippen molar-refractivity contribution in [3.05, 3.63) is 30.2 Å². The van der Waals surface area contributed by atoms with Crippen molar-refractivity contribution in [2.75, 3.05) is 13.1 Å². The van der Waals surface area contributed by atoms with E-state index in [1.165, 1.54) is 0 Å². The van der Waals surface area contributed by atoms with E-state index in [4.69, 9.17) is 0 Å². The third-order valence-corrected chi connectivity index (χ3v) is 5.22. The standard InChI is InChI=1S/C18H23N5O/c1-22-17-16(19-9-10-20-17)15(21-22)14-8-5-11-23(12-14)18(24)13-6-3-2-4-7-13/h2-3,9-10,13-14H,4-8,11-12H2,1H3/t13-,14-/m1/s1. The number of hydrogen-bond donors (Lipinski definition) is 0. The van der Waals surface area contributed by atoms with Gasteiger partial charge < -0.3 is 4.90 Å². The summed E-state index contributed by atoms with van der Waals surface area (Å²) in [5.74, 6) is 0.728. The van der Waals surface area contributed by atoms with Gasteiger partial charge in [0.15, 0.2) is 5.65 Å². The summed E-state index contributed by atoms with van der Waals surface area (Å²) in [7, 11) is 1.90. The average Bonchev–Trinajstić information content (AvgIpc) is 2.99. The van der Waals surface area contributed by atoms with Gasteiger partial charge in [0.05, 0.1) is 5.69 Å². The van der Waals surface area contributed by atoms with Crippen LogP contribution in [0.2, 0.25) is 0 Å². The van der Waals surface area contributed by atoms with Gasteiger partial charge in [-0.05, 0) is 32.1 Å². The molecule has 4 rings (SSSR count). The molecule has 2 aromatic heterocycles. The largest absolute Gasteiger partial charge is 0.342 e. The molecule has 0 bridgehead atoms. The first-order valence-corrected chi connectivity index (χ1v) is 8.81. The first-order chi connectivity index (χ1) is 11.7. The summed E-state index contributed by atoms with van der Waals surface area (Å²) in [6.07, 6.45) is 12.7. The summed E-state index contributed by atoms with van der Waals surface area (Å²) in [4.78, 5) is 23.7. The number of amides is 1. The molecule has 1 fully saturated rings. The van der Waals surface area contributed by atoms with E-state index in [0.29, 0.717) is 5.91 Å². The Hall–Kier alpha value is -2.24. The van der Waals surface area contributed by atoms with Crippen molar-refractivity contribution in [2.24, 2.45) is 13.0 Å². The van der Waals surface area contributed by atoms with E-state index in [-0.39, 0.29) is 11.8 Å². The number of piperidine rings is 1. The van der Waals surface area contributed by atoms with Crippen LogP contribution in [0.15, 0.2) is 24.5 Å². The molecule has 0 unspecified atom stereocenters. The lowest BCUT2D eigenvalue weighted by Gasteiger charge is -2.34. The molecule has 0 saturated carbocycles. The summed E-state index contributed by atoms with van der Waals surface area (Å²) < 4.78 is 1.80. The number of fused-ring (bicyclic) bond motifs is 1. The number of carbonyl (C=O) groups is 1. The summed E-state index contributed by atoms with van der Waals surface area (Å²) in [6.45, 7) is 1.62. The fraction of sp³-hybridized carbons (Fsp3) is 0.556. The van der Waals surface area contributed by atoms with Gasteiger partial charge in [-0.3, -0.25) is 4.79 Å². The van der Waals surface area contributed by atoms with Crippen LogP contribution in [0.4, 0.5) is 0 Å². The normalized spacial score (nSPS) is 24.5. The number of carbonyl (C=O) groups excluding carboxylic acids is 1. The highest BCUT2D eigenvalue weighted by atomic mass is 16.2. The summed E-state index contributed by atoms with van der Waals surface area (Å²) in [6, 6.07) is 0. The van der Waals surface area contributed by atoms with Crippen LogP contribution in [0, 0.1) is 5.92 Å². The van der Waals surface area contributed by atoms with Gasteiger partial charge in [0.25, 0.3) is 0 Å². The van der Waals surface area contributed by atoms with Crippen molar-refractivity contribution < 1.29 is 4.79 Å². The minimum absolute atomic E-state index is 0.161. The van der Waals surface area contributed by atoms with Crippen molar-refractivity contribution >= 4 is 17.1 Å². The molecule has 126 valence electrons. The SMILES string of the molecule is Cn1nc([C@@H]2CCCN(C(=O)[C@@H]3CC=CCC3)C2)c2nccnc21. The second-order valence-corrected chi connectivity index (χ2v) is 6.84. The van der Waals surface area contributed by atoms with Crippen LogP contribution in [0.3, 0.4) is 0 Å². The molecule has 2 aliphatic rings. The van der Waals surface area contributed by atoms with E-state index in [0.717, 1.165) is 62.1 Å². The van der Waals surface area contributed by atoms with Crippen LogP contribution >= 0.6 is 0 Å². The monoisotopic (exact) mass is 325 g/mol. The van der Waals surface area contributed by atoms with Crippen molar-refractivity contribution in [2.45, 2.75) is 38.0 Å². The Balaban J connectivity index is 1.56. The van der Waals surface area contributed by atoms with Gasteiger partial charge in [-0.1, -0.05) is 12.2 Å². The predicted molar refractivity (Wildman–Crippen MR) is 91.3 cm³/mol. The Kier molecular flexibility index (Phi) is 4.04. The lowest BCUT2D eigenvalue weighted by Crippen LogP contribution is -2.42. The zero-order valence-corrected chi connectivity index (χ0v) is 14.1. The first kappa shape index (κ1) is 15.3. The number of likely N-dealkylation sites (tertiary alicyclic amines) is 1. The molecule has 1 saturated heterocycles. The number of rotatable bonds is 2. The molecule has 3 heterocycles. The van der Waals surface area contributed by atoms with Crippen molar-refractivity contribution in [1.82, 2.24) is 24.6 Å². The van der Waals surface area contributed by atoms with Gasteiger partial charge in [0.1, 0.15) is 5.52 Å². The van der Waals surface area contributed by atoms with E-state index in [9.17, 15) is 4.79 Å². The minimum Gasteiger partial charge on any atom is -0.342 e. The van der Waals surface area contributed by atoms with Crippen LogP contribution in [0.25, 0.3) is 11.2 Å². The first-order valence-electron chi connectivity index (χ1n) is 8.81. The average molecular weight is 325 g/mol. The molecule has 6 heteroatoms. The molecule has 0 N–H and O–H groups in total. The van der Waals surface area contributed by atoms with Gasteiger partial charge >= 0.3 is 0 Å². The molecular formula is C18H23N5O. The maximum absolute atomic E-state index is 12.8. The second kappa shape index (κ2) is 6.34. The number of aromatic nitrogens is 4. The Morgan fingerprint density at radius 2 is 2.08 bits per heavy atom. The molecule has 1 aliphatic carbocycles. The number of aryl methyl sites for hydroxylation is 1. The summed E-state index contributed by atoms with van der Waals surface area (Å²) in [5, 5.41) is 4.66. The molecule has 6 nitrogen and oxygen atoms in total. The van der Waals surface area contributed by atoms with Crippen LogP contribution in [-0.4, -0.2) is 43.6 Å². The topological polar surface area (TPSA) is 63.9 Å². The van der Waals surface area contributed by atoms with Gasteiger partial charge in [0, 0.05) is 44.4 Å². The van der Waals surface area contributed by atoms with E-state index in [1.807, 2.05) is 7.05 Å². The van der Waals surface area contributed by atoms with Gasteiger partial charge in [0.2, 0.25) is 5.91 Å². The number of allylic oxidation sites excluding steroid dienone is 2. The molecule has 2 atom stereocenters. The van der Waals surface area contributed by atoms with Crippen LogP contribution < -0.4 is 0 Å². The molecular weight excluding hydrogens is 302 g/mol. The van der Waals surface area contributed by atoms with Crippen LogP contribution in [0.5, 0.6) is 0 Å². The zero-order valence-electron chi connectivity index (χ0n) is 14.1. The number of nitrogens with zero attached hydrogens (tertiary/aromatic N) is 5. The highest BCUT2D eigenvalue weighted by Gasteiger charge is 2.31. The van der Waals surface area contributed by atoms with E-state index in [2.05, 4.69) is 32.1 Å². The Bertz CT molecular complexity index is 781. The fourth-order valence-corrected chi connectivity index (χ4v) is 3.96. The highest BCUT2D eigenvalue weighted by Crippen LogP contribution is 2.31. The van der Waals surface area contributed by atoms with Crippen molar-refractivity contribution in [3.8, 4) is 0 Å². The minimum atomic E-state index is 0.161. The molecule has 0 radical (unpaired) electrons. The fourth-order valence-electron chi connectivity index (χ4n) is 3.96. The third-order valence-electron chi connectivity index (χ3n) is 5.22. The molecule has 1 aliphatic heterocycles. The molecule has 0 aromatic carbocycles. The van der Waals surface area contributed by atoms with Crippen molar-refractivity contribution in [1.29, 1.82) is 0 Å². The van der Waals surface area contributed by atoms with Gasteiger partial charge in [-0.25, -0.2) is 14.6 Å². The van der Waals surface area contributed by atoms with E-state index >= 15 is 0 Å². The van der Waals surface area contributed by atoms with Crippen LogP contribution in [-0.2, 0) is 11.8 Å². The lowest BCUT2D eigenvalue weighted by molar-refractivity contribution is -0.137. The molecule has 24 heavy (non-hydrogen) atoms. The smallest absolute Gasteiger partial charge is 0.226 e. The molecule has 1 amide bonds. The number of hydrogen-bond acceptors (Lipinski definition) is 4. The maximum Gasteiger partial charge on any atom is 0.226 e.